The molecule has 0 aliphatic rings. The topological polar surface area (TPSA) is 0 Å². The Bertz CT molecular complexity index is 38.5. The van der Waals surface area contributed by atoms with Gasteiger partial charge in [-0.25, -0.2) is 0 Å². The number of alkyl halides is 3. The summed E-state index contributed by atoms with van der Waals surface area (Å²) in [4.78, 5) is 0. The molecule has 0 aromatic rings. The Morgan fingerprint density at radius 3 is 1.67 bits per heavy atom. The van der Waals surface area contributed by atoms with Gasteiger partial charge in [0.15, 0.2) is 0 Å². The van der Waals surface area contributed by atoms with Crippen LogP contribution in [0.5, 0.6) is 0 Å². The fourth-order valence-corrected chi connectivity index (χ4v) is 0. The van der Waals surface area contributed by atoms with E-state index in [9.17, 15) is 0 Å². The van der Waals surface area contributed by atoms with Gasteiger partial charge in [0.05, 0.1) is 5.88 Å². The lowest BCUT2D eigenvalue weighted by Gasteiger charge is -2.04. The average Bonchev–Trinajstić information content (AvgIpc) is 1.35. The Morgan fingerprint density at radius 2 is 1.67 bits per heavy atom. The molecular formula is C2H4Cl3P. The van der Waals surface area contributed by atoms with Crippen molar-refractivity contribution in [2.75, 3.05) is 5.88 Å². The first-order valence-electron chi connectivity index (χ1n) is 1.29. The molecule has 0 heterocycles. The SMILES string of the molecule is PC(Cl)(Cl)CCl. The van der Waals surface area contributed by atoms with E-state index < -0.39 is 4.07 Å². The minimum Gasteiger partial charge on any atom is -0.123 e. The largest absolute Gasteiger partial charge is 0.144 e. The minimum absolute atomic E-state index is 0.237. The smallest absolute Gasteiger partial charge is 0.123 e. The molecule has 1 unspecified atom stereocenters. The lowest BCUT2D eigenvalue weighted by molar-refractivity contribution is 1.30. The molecule has 0 aliphatic carbocycles. The molecule has 0 bridgehead atoms. The predicted octanol–water partition coefficient (Wildman–Crippen LogP) is 2.23. The molecule has 0 saturated carbocycles. The van der Waals surface area contributed by atoms with E-state index in [0.717, 1.165) is 0 Å². The van der Waals surface area contributed by atoms with Crippen LogP contribution in [0.4, 0.5) is 0 Å². The van der Waals surface area contributed by atoms with Gasteiger partial charge in [-0.05, 0) is 0 Å². The van der Waals surface area contributed by atoms with Gasteiger partial charge < -0.3 is 0 Å². The van der Waals surface area contributed by atoms with Gasteiger partial charge in [0, 0.05) is 0 Å². The van der Waals surface area contributed by atoms with Crippen molar-refractivity contribution in [3.8, 4) is 0 Å². The summed E-state index contributed by atoms with van der Waals surface area (Å²) in [6.07, 6.45) is 0. The highest BCUT2D eigenvalue weighted by molar-refractivity contribution is 7.27. The normalized spacial score (nSPS) is 12.0. The van der Waals surface area contributed by atoms with Gasteiger partial charge in [-0.3, -0.25) is 0 Å². The Morgan fingerprint density at radius 1 is 1.50 bits per heavy atom. The van der Waals surface area contributed by atoms with Gasteiger partial charge in [0.2, 0.25) is 0 Å². The number of halogens is 3. The first-order valence-corrected chi connectivity index (χ1v) is 3.16. The Hall–Kier alpha value is 1.30. The molecule has 0 N–H and O–H groups in total. The van der Waals surface area contributed by atoms with Gasteiger partial charge in [-0.15, -0.1) is 11.6 Å². The zero-order valence-corrected chi connectivity index (χ0v) is 6.34. The molecule has 0 fully saturated rings. The zero-order chi connectivity index (χ0) is 5.21. The van der Waals surface area contributed by atoms with E-state index in [2.05, 4.69) is 9.24 Å². The molecule has 0 radical (unpaired) electrons. The van der Waals surface area contributed by atoms with E-state index in [1.54, 1.807) is 0 Å². The van der Waals surface area contributed by atoms with Crippen molar-refractivity contribution in [3.05, 3.63) is 0 Å². The quantitative estimate of drug-likeness (QED) is 0.413. The van der Waals surface area contributed by atoms with Gasteiger partial charge in [0.1, 0.15) is 4.07 Å². The Labute approximate surface area is 54.3 Å². The second-order valence-electron chi connectivity index (χ2n) is 0.895. The maximum absolute atomic E-state index is 5.31. The number of hydrogen-bond donors (Lipinski definition) is 0. The molecule has 0 spiro atoms. The highest BCUT2D eigenvalue weighted by Gasteiger charge is 2.12. The molecule has 0 amide bonds. The standard InChI is InChI=1S/C2H4Cl3P/c3-1-2(4,5)6/h1,6H2. The number of rotatable bonds is 1. The van der Waals surface area contributed by atoms with Gasteiger partial charge >= 0.3 is 0 Å². The third-order valence-corrected chi connectivity index (χ3v) is 1.60. The first kappa shape index (κ1) is 7.30. The molecule has 1 atom stereocenters. The second kappa shape index (κ2) is 2.57. The maximum atomic E-state index is 5.31. The van der Waals surface area contributed by atoms with Crippen molar-refractivity contribution in [1.82, 2.24) is 0 Å². The van der Waals surface area contributed by atoms with E-state index >= 15 is 0 Å². The third kappa shape index (κ3) is 5.30. The molecule has 0 rings (SSSR count). The maximum Gasteiger partial charge on any atom is 0.144 e. The van der Waals surface area contributed by atoms with Crippen LogP contribution in [-0.4, -0.2) is 9.95 Å². The van der Waals surface area contributed by atoms with Crippen molar-refractivity contribution in [2.24, 2.45) is 0 Å². The molecule has 0 saturated heterocycles. The van der Waals surface area contributed by atoms with Crippen LogP contribution in [0.1, 0.15) is 0 Å². The van der Waals surface area contributed by atoms with E-state index in [1.165, 1.54) is 0 Å². The molecule has 6 heavy (non-hydrogen) atoms. The van der Waals surface area contributed by atoms with Crippen molar-refractivity contribution in [3.63, 3.8) is 0 Å². The molecule has 0 aliphatic heterocycles. The monoisotopic (exact) mass is 164 g/mol. The Balaban J connectivity index is 3.17. The van der Waals surface area contributed by atoms with Gasteiger partial charge in [-0.1, -0.05) is 32.4 Å². The summed E-state index contributed by atoms with van der Waals surface area (Å²) in [5.74, 6) is 0.237. The zero-order valence-electron chi connectivity index (χ0n) is 2.92. The van der Waals surface area contributed by atoms with Crippen LogP contribution in [0.2, 0.25) is 0 Å². The third-order valence-electron chi connectivity index (χ3n) is 0.178. The lowest BCUT2D eigenvalue weighted by Crippen LogP contribution is -2.00. The predicted molar refractivity (Wildman–Crippen MR) is 34.9 cm³/mol. The minimum atomic E-state index is -0.832. The van der Waals surface area contributed by atoms with Crippen molar-refractivity contribution < 1.29 is 0 Å². The summed E-state index contributed by atoms with van der Waals surface area (Å²) >= 11 is 15.8. The van der Waals surface area contributed by atoms with E-state index in [-0.39, 0.29) is 5.88 Å². The summed E-state index contributed by atoms with van der Waals surface area (Å²) in [6.45, 7) is 0. The number of hydrogen-bond acceptors (Lipinski definition) is 0. The van der Waals surface area contributed by atoms with Crippen molar-refractivity contribution in [2.45, 2.75) is 4.07 Å². The summed E-state index contributed by atoms with van der Waals surface area (Å²) in [7, 11) is 2.19. The average molecular weight is 165 g/mol. The lowest BCUT2D eigenvalue weighted by atomic mass is 10.9. The highest BCUT2D eigenvalue weighted by Crippen LogP contribution is 2.29. The highest BCUT2D eigenvalue weighted by atomic mass is 35.5. The second-order valence-corrected chi connectivity index (χ2v) is 4.42. The molecular weight excluding hydrogens is 161 g/mol. The Kier molecular flexibility index (Phi) is 3.13. The summed E-state index contributed by atoms with van der Waals surface area (Å²) in [5.41, 5.74) is 0. The van der Waals surface area contributed by atoms with E-state index in [1.807, 2.05) is 0 Å². The first-order chi connectivity index (χ1) is 2.56. The summed E-state index contributed by atoms with van der Waals surface area (Å²) in [6, 6.07) is 0. The fourth-order valence-electron chi connectivity index (χ4n) is 0. The molecule has 0 aromatic heterocycles. The summed E-state index contributed by atoms with van der Waals surface area (Å²) in [5, 5.41) is 0. The molecule has 4 heteroatoms. The van der Waals surface area contributed by atoms with Crippen LogP contribution < -0.4 is 0 Å². The van der Waals surface area contributed by atoms with Crippen LogP contribution in [0.25, 0.3) is 0 Å². The van der Waals surface area contributed by atoms with Crippen LogP contribution in [0.3, 0.4) is 0 Å². The molecule has 38 valence electrons. The summed E-state index contributed by atoms with van der Waals surface area (Å²) < 4.78 is -0.832. The van der Waals surface area contributed by atoms with E-state index in [4.69, 9.17) is 34.8 Å². The molecule has 0 nitrogen and oxygen atoms in total. The van der Waals surface area contributed by atoms with Gasteiger partial charge in [-0.2, -0.15) is 0 Å². The van der Waals surface area contributed by atoms with E-state index in [0.29, 0.717) is 0 Å². The van der Waals surface area contributed by atoms with Gasteiger partial charge in [0.25, 0.3) is 0 Å². The fraction of sp³-hybridized carbons (Fsp3) is 1.00. The van der Waals surface area contributed by atoms with Crippen LogP contribution in [0, 0.1) is 0 Å². The van der Waals surface area contributed by atoms with Crippen LogP contribution in [0.15, 0.2) is 0 Å². The van der Waals surface area contributed by atoms with Crippen molar-refractivity contribution in [1.29, 1.82) is 0 Å². The van der Waals surface area contributed by atoms with Crippen LogP contribution in [-0.2, 0) is 0 Å². The van der Waals surface area contributed by atoms with Crippen LogP contribution >= 0.6 is 44.0 Å². The van der Waals surface area contributed by atoms with Crippen molar-refractivity contribution >= 4 is 44.0 Å². The molecule has 0 aromatic carbocycles.